The molecule has 0 bridgehead atoms. The number of methoxy groups -OCH3 is 1. The molecule has 0 radical (unpaired) electrons. The van der Waals surface area contributed by atoms with Gasteiger partial charge in [0.15, 0.2) is 5.13 Å². The van der Waals surface area contributed by atoms with Crippen molar-refractivity contribution in [1.29, 1.82) is 0 Å². The van der Waals surface area contributed by atoms with Crippen LogP contribution in [0.1, 0.15) is 10.4 Å². The summed E-state index contributed by atoms with van der Waals surface area (Å²) < 4.78 is 4.73. The monoisotopic (exact) mass is 291 g/mol. The third-order valence-electron chi connectivity index (χ3n) is 2.34. The standard InChI is InChI=1S/C13H13N3O3S/c1-19-8-11(17)15-10-4-2-3-9(7-10)12(18)16-13-14-5-6-20-13/h2-7H,8H2,1H3,(H,15,17)(H,14,16,18). The fraction of sp³-hybridized carbons (Fsp3) is 0.154. The molecule has 2 N–H and O–H groups in total. The number of rotatable bonds is 5. The summed E-state index contributed by atoms with van der Waals surface area (Å²) in [7, 11) is 1.44. The molecule has 0 aliphatic heterocycles. The summed E-state index contributed by atoms with van der Waals surface area (Å²) >= 11 is 1.34. The molecule has 2 aromatic rings. The Labute approximate surface area is 119 Å². The van der Waals surface area contributed by atoms with Gasteiger partial charge in [0.05, 0.1) is 0 Å². The molecule has 2 rings (SSSR count). The molecule has 1 aromatic carbocycles. The van der Waals surface area contributed by atoms with Gasteiger partial charge in [-0.25, -0.2) is 4.98 Å². The Bertz CT molecular complexity index is 599. The van der Waals surface area contributed by atoms with Crippen LogP contribution in [0.2, 0.25) is 0 Å². The average Bonchev–Trinajstić information content (AvgIpc) is 2.92. The second kappa shape index (κ2) is 6.78. The zero-order chi connectivity index (χ0) is 14.4. The number of ether oxygens (including phenoxy) is 1. The van der Waals surface area contributed by atoms with Gasteiger partial charge in [-0.3, -0.25) is 14.9 Å². The molecule has 0 aliphatic carbocycles. The fourth-order valence-electron chi connectivity index (χ4n) is 1.52. The Morgan fingerprint density at radius 2 is 2.20 bits per heavy atom. The van der Waals surface area contributed by atoms with Gasteiger partial charge in [-0.2, -0.15) is 0 Å². The van der Waals surface area contributed by atoms with Crippen molar-refractivity contribution >= 4 is 34.0 Å². The van der Waals surface area contributed by atoms with E-state index in [4.69, 9.17) is 4.74 Å². The topological polar surface area (TPSA) is 80.3 Å². The van der Waals surface area contributed by atoms with Crippen LogP contribution in [0, 0.1) is 0 Å². The van der Waals surface area contributed by atoms with Crippen LogP contribution in [-0.4, -0.2) is 30.5 Å². The molecule has 6 nitrogen and oxygen atoms in total. The number of hydrogen-bond acceptors (Lipinski definition) is 5. The second-order valence-electron chi connectivity index (χ2n) is 3.85. The number of aromatic nitrogens is 1. The van der Waals surface area contributed by atoms with Crippen LogP contribution >= 0.6 is 11.3 Å². The number of hydrogen-bond donors (Lipinski definition) is 2. The number of carbonyl (C=O) groups is 2. The maximum Gasteiger partial charge on any atom is 0.257 e. The Balaban J connectivity index is 2.05. The van der Waals surface area contributed by atoms with E-state index in [1.54, 1.807) is 35.8 Å². The quantitative estimate of drug-likeness (QED) is 0.882. The zero-order valence-corrected chi connectivity index (χ0v) is 11.6. The lowest BCUT2D eigenvalue weighted by Gasteiger charge is -2.06. The largest absolute Gasteiger partial charge is 0.375 e. The molecule has 0 saturated heterocycles. The van der Waals surface area contributed by atoms with Gasteiger partial charge in [-0.05, 0) is 18.2 Å². The smallest absolute Gasteiger partial charge is 0.257 e. The van der Waals surface area contributed by atoms with E-state index in [1.165, 1.54) is 18.4 Å². The number of amides is 2. The van der Waals surface area contributed by atoms with Gasteiger partial charge in [0.25, 0.3) is 5.91 Å². The van der Waals surface area contributed by atoms with E-state index in [1.807, 2.05) is 0 Å². The number of nitrogens with zero attached hydrogens (tertiary/aromatic N) is 1. The maximum atomic E-state index is 12.0. The maximum absolute atomic E-state index is 12.0. The number of thiazole rings is 1. The summed E-state index contributed by atoms with van der Waals surface area (Å²) in [5, 5.41) is 7.62. The van der Waals surface area contributed by atoms with Crippen molar-refractivity contribution in [3.63, 3.8) is 0 Å². The van der Waals surface area contributed by atoms with E-state index in [0.29, 0.717) is 16.4 Å². The van der Waals surface area contributed by atoms with Crippen LogP contribution in [0.5, 0.6) is 0 Å². The summed E-state index contributed by atoms with van der Waals surface area (Å²) in [6.45, 7) is -0.0322. The van der Waals surface area contributed by atoms with E-state index in [9.17, 15) is 9.59 Å². The highest BCUT2D eigenvalue weighted by molar-refractivity contribution is 7.13. The molecule has 0 spiro atoms. The highest BCUT2D eigenvalue weighted by Gasteiger charge is 2.09. The first-order chi connectivity index (χ1) is 9.69. The van der Waals surface area contributed by atoms with Crippen molar-refractivity contribution in [2.24, 2.45) is 0 Å². The Morgan fingerprint density at radius 3 is 2.90 bits per heavy atom. The van der Waals surface area contributed by atoms with Crippen molar-refractivity contribution in [2.75, 3.05) is 24.4 Å². The van der Waals surface area contributed by atoms with Crippen molar-refractivity contribution in [3.8, 4) is 0 Å². The molecule has 0 unspecified atom stereocenters. The molecule has 1 heterocycles. The van der Waals surface area contributed by atoms with Gasteiger partial charge in [0, 0.05) is 29.9 Å². The van der Waals surface area contributed by atoms with E-state index in [2.05, 4.69) is 15.6 Å². The molecule has 0 aliphatic rings. The van der Waals surface area contributed by atoms with E-state index < -0.39 is 0 Å². The summed E-state index contributed by atoms with van der Waals surface area (Å²) in [5.41, 5.74) is 0.981. The fourth-order valence-corrected chi connectivity index (χ4v) is 2.04. The molecule has 104 valence electrons. The molecule has 1 aromatic heterocycles. The van der Waals surface area contributed by atoms with Crippen LogP contribution in [0.3, 0.4) is 0 Å². The lowest BCUT2D eigenvalue weighted by Crippen LogP contribution is -2.18. The normalized spacial score (nSPS) is 10.1. The van der Waals surface area contributed by atoms with Crippen molar-refractivity contribution in [3.05, 3.63) is 41.4 Å². The zero-order valence-electron chi connectivity index (χ0n) is 10.8. The first-order valence-electron chi connectivity index (χ1n) is 5.79. The summed E-state index contributed by atoms with van der Waals surface area (Å²) in [6.07, 6.45) is 1.61. The molecule has 7 heteroatoms. The van der Waals surface area contributed by atoms with E-state index >= 15 is 0 Å². The minimum Gasteiger partial charge on any atom is -0.375 e. The average molecular weight is 291 g/mol. The molecule has 2 amide bonds. The number of carbonyl (C=O) groups excluding carboxylic acids is 2. The van der Waals surface area contributed by atoms with Crippen LogP contribution in [0.25, 0.3) is 0 Å². The van der Waals surface area contributed by atoms with Crippen LogP contribution in [-0.2, 0) is 9.53 Å². The SMILES string of the molecule is COCC(=O)Nc1cccc(C(=O)Nc2nccs2)c1. The minimum absolute atomic E-state index is 0.0322. The molecule has 0 atom stereocenters. The molecular weight excluding hydrogens is 278 g/mol. The van der Waals surface area contributed by atoms with E-state index in [0.717, 1.165) is 0 Å². The van der Waals surface area contributed by atoms with Gasteiger partial charge < -0.3 is 10.1 Å². The lowest BCUT2D eigenvalue weighted by atomic mass is 10.2. The van der Waals surface area contributed by atoms with Gasteiger partial charge in [-0.15, -0.1) is 11.3 Å². The van der Waals surface area contributed by atoms with Crippen LogP contribution < -0.4 is 10.6 Å². The van der Waals surface area contributed by atoms with Crippen LogP contribution in [0.4, 0.5) is 10.8 Å². The van der Waals surface area contributed by atoms with Gasteiger partial charge in [0.2, 0.25) is 5.91 Å². The number of anilines is 2. The van der Waals surface area contributed by atoms with E-state index in [-0.39, 0.29) is 18.4 Å². The van der Waals surface area contributed by atoms with Gasteiger partial charge in [0.1, 0.15) is 6.61 Å². The minimum atomic E-state index is -0.275. The Kier molecular flexibility index (Phi) is 4.80. The Hall–Kier alpha value is -2.25. The second-order valence-corrected chi connectivity index (χ2v) is 4.75. The third-order valence-corrected chi connectivity index (χ3v) is 3.03. The van der Waals surface area contributed by atoms with Gasteiger partial charge in [-0.1, -0.05) is 6.07 Å². The highest BCUT2D eigenvalue weighted by Crippen LogP contribution is 2.15. The Morgan fingerprint density at radius 1 is 1.35 bits per heavy atom. The highest BCUT2D eigenvalue weighted by atomic mass is 32.1. The van der Waals surface area contributed by atoms with Crippen molar-refractivity contribution in [1.82, 2.24) is 4.98 Å². The summed E-state index contributed by atoms with van der Waals surface area (Å²) in [5.74, 6) is -0.548. The number of nitrogens with one attached hydrogen (secondary N) is 2. The first-order valence-corrected chi connectivity index (χ1v) is 6.66. The molecule has 0 saturated carbocycles. The van der Waals surface area contributed by atoms with Crippen molar-refractivity contribution < 1.29 is 14.3 Å². The van der Waals surface area contributed by atoms with Crippen molar-refractivity contribution in [2.45, 2.75) is 0 Å². The predicted molar refractivity (Wildman–Crippen MR) is 77.0 cm³/mol. The summed E-state index contributed by atoms with van der Waals surface area (Å²) in [6, 6.07) is 6.65. The van der Waals surface area contributed by atoms with Crippen LogP contribution in [0.15, 0.2) is 35.8 Å². The molecule has 20 heavy (non-hydrogen) atoms. The predicted octanol–water partition coefficient (Wildman–Crippen LogP) is 1.98. The molecular formula is C13H13N3O3S. The first kappa shape index (κ1) is 14.2. The summed E-state index contributed by atoms with van der Waals surface area (Å²) in [4.78, 5) is 27.4. The lowest BCUT2D eigenvalue weighted by molar-refractivity contribution is -0.119. The van der Waals surface area contributed by atoms with Gasteiger partial charge >= 0.3 is 0 Å². The molecule has 0 fully saturated rings. The third kappa shape index (κ3) is 3.87. The number of benzene rings is 1.